The van der Waals surface area contributed by atoms with Gasteiger partial charge in [-0.05, 0) is 36.8 Å². The average molecular weight is 340 g/mol. The van der Waals surface area contributed by atoms with Crippen LogP contribution >= 0.6 is 0 Å². The van der Waals surface area contributed by atoms with E-state index in [9.17, 15) is 4.79 Å². The summed E-state index contributed by atoms with van der Waals surface area (Å²) in [5, 5.41) is 8.50. The molecule has 0 unspecified atom stereocenters. The number of fused-ring (bicyclic) bond motifs is 2. The normalized spacial score (nSPS) is 19.8. The van der Waals surface area contributed by atoms with E-state index in [2.05, 4.69) is 39.0 Å². The summed E-state index contributed by atoms with van der Waals surface area (Å²) in [5.41, 5.74) is 2.80. The smallest absolute Gasteiger partial charge is 0.223 e. The zero-order chi connectivity index (χ0) is 17.4. The number of hydrogen-bond acceptors (Lipinski definition) is 4. The van der Waals surface area contributed by atoms with Crippen LogP contribution in [-0.4, -0.2) is 39.2 Å². The molecule has 6 nitrogen and oxygen atoms in total. The van der Waals surface area contributed by atoms with Crippen LogP contribution in [0.5, 0.6) is 0 Å². The minimum Gasteiger partial charge on any atom is -0.377 e. The summed E-state index contributed by atoms with van der Waals surface area (Å²) in [6, 6.07) is 8.50. The number of amides is 1. The molecule has 2 aliphatic rings. The van der Waals surface area contributed by atoms with E-state index in [1.54, 1.807) is 7.11 Å². The van der Waals surface area contributed by atoms with Crippen LogP contribution in [0, 0.1) is 5.92 Å². The Morgan fingerprint density at radius 2 is 1.92 bits per heavy atom. The van der Waals surface area contributed by atoms with Gasteiger partial charge in [0.15, 0.2) is 11.6 Å². The Kier molecular flexibility index (Phi) is 4.29. The van der Waals surface area contributed by atoms with Gasteiger partial charge in [0.1, 0.15) is 6.61 Å². The van der Waals surface area contributed by atoms with Crippen molar-refractivity contribution in [2.24, 2.45) is 5.92 Å². The highest BCUT2D eigenvalue weighted by Gasteiger charge is 2.33. The lowest BCUT2D eigenvalue weighted by atomic mass is 10.0. The van der Waals surface area contributed by atoms with Crippen LogP contribution in [0.4, 0.5) is 0 Å². The van der Waals surface area contributed by atoms with Crippen molar-refractivity contribution in [2.45, 2.75) is 45.4 Å². The molecular weight excluding hydrogens is 316 g/mol. The molecule has 0 fully saturated rings. The number of ether oxygens (including phenoxy) is 1. The maximum atomic E-state index is 12.9. The van der Waals surface area contributed by atoms with Crippen LogP contribution in [-0.2, 0) is 35.5 Å². The van der Waals surface area contributed by atoms with E-state index < -0.39 is 0 Å². The van der Waals surface area contributed by atoms with Gasteiger partial charge in [-0.1, -0.05) is 24.3 Å². The lowest BCUT2D eigenvalue weighted by molar-refractivity contribution is -0.135. The van der Waals surface area contributed by atoms with Gasteiger partial charge in [0, 0.05) is 26.6 Å². The van der Waals surface area contributed by atoms with Crippen molar-refractivity contribution in [3.05, 3.63) is 47.0 Å². The van der Waals surface area contributed by atoms with Crippen LogP contribution in [0.15, 0.2) is 24.3 Å². The third kappa shape index (κ3) is 2.95. The number of rotatable bonds is 4. The van der Waals surface area contributed by atoms with E-state index in [-0.39, 0.29) is 11.9 Å². The van der Waals surface area contributed by atoms with Crippen LogP contribution in [0.25, 0.3) is 0 Å². The van der Waals surface area contributed by atoms with Gasteiger partial charge in [0.2, 0.25) is 5.91 Å². The Morgan fingerprint density at radius 3 is 2.60 bits per heavy atom. The summed E-state index contributed by atoms with van der Waals surface area (Å²) in [5.74, 6) is 2.35. The molecule has 1 aromatic carbocycles. The maximum Gasteiger partial charge on any atom is 0.223 e. The fourth-order valence-electron chi connectivity index (χ4n) is 4.18. The number of hydrogen-bond donors (Lipinski definition) is 0. The Hall–Kier alpha value is -2.21. The Bertz CT molecular complexity index is 760. The molecule has 2 aromatic rings. The Labute approximate surface area is 147 Å². The lowest BCUT2D eigenvalue weighted by Gasteiger charge is -2.34. The van der Waals surface area contributed by atoms with Crippen molar-refractivity contribution < 1.29 is 9.53 Å². The molecule has 1 aromatic heterocycles. The minimum atomic E-state index is -0.0388. The van der Waals surface area contributed by atoms with Crippen molar-refractivity contribution in [3.63, 3.8) is 0 Å². The SMILES string of the molecule is COCc1nnc2n1CCN(C(=O)CC1Cc3ccccc3C1)[C@@H]2C. The van der Waals surface area contributed by atoms with Crippen LogP contribution in [0.1, 0.15) is 42.2 Å². The third-order valence-electron chi connectivity index (χ3n) is 5.45. The Balaban J connectivity index is 1.43. The quantitative estimate of drug-likeness (QED) is 0.855. The topological polar surface area (TPSA) is 60.3 Å². The first kappa shape index (κ1) is 16.3. The summed E-state index contributed by atoms with van der Waals surface area (Å²) >= 11 is 0. The standard InChI is InChI=1S/C19H24N4O2/c1-13-19-21-20-17(12-25-2)23(19)8-7-22(13)18(24)11-14-9-15-5-3-4-6-16(15)10-14/h3-6,13-14H,7-12H2,1-2H3/t13-/m1/s1. The van der Waals surface area contributed by atoms with Crippen molar-refractivity contribution in [1.29, 1.82) is 0 Å². The molecule has 0 saturated carbocycles. The van der Waals surface area contributed by atoms with Crippen molar-refractivity contribution >= 4 is 5.91 Å². The van der Waals surface area contributed by atoms with Crippen LogP contribution < -0.4 is 0 Å². The summed E-state index contributed by atoms with van der Waals surface area (Å²) < 4.78 is 7.26. The molecule has 2 heterocycles. The summed E-state index contributed by atoms with van der Waals surface area (Å²) in [6.07, 6.45) is 2.63. The zero-order valence-corrected chi connectivity index (χ0v) is 14.8. The number of carbonyl (C=O) groups is 1. The first-order valence-electron chi connectivity index (χ1n) is 8.94. The molecule has 132 valence electrons. The number of benzene rings is 1. The molecule has 4 rings (SSSR count). The second-order valence-electron chi connectivity index (χ2n) is 7.07. The van der Waals surface area contributed by atoms with Gasteiger partial charge in [0.25, 0.3) is 0 Å². The van der Waals surface area contributed by atoms with E-state index in [1.807, 2.05) is 11.8 Å². The number of aromatic nitrogens is 3. The van der Waals surface area contributed by atoms with Gasteiger partial charge in [-0.15, -0.1) is 10.2 Å². The Morgan fingerprint density at radius 1 is 1.20 bits per heavy atom. The largest absolute Gasteiger partial charge is 0.377 e. The predicted molar refractivity (Wildman–Crippen MR) is 92.8 cm³/mol. The molecule has 25 heavy (non-hydrogen) atoms. The second kappa shape index (κ2) is 6.59. The van der Waals surface area contributed by atoms with Gasteiger partial charge in [0.05, 0.1) is 6.04 Å². The molecular formula is C19H24N4O2. The van der Waals surface area contributed by atoms with E-state index in [0.29, 0.717) is 25.5 Å². The van der Waals surface area contributed by atoms with Crippen LogP contribution in [0.3, 0.4) is 0 Å². The minimum absolute atomic E-state index is 0.0388. The number of nitrogens with zero attached hydrogens (tertiary/aromatic N) is 4. The highest BCUT2D eigenvalue weighted by molar-refractivity contribution is 5.77. The summed E-state index contributed by atoms with van der Waals surface area (Å²) in [6.45, 7) is 3.94. The number of methoxy groups -OCH3 is 1. The summed E-state index contributed by atoms with van der Waals surface area (Å²) in [4.78, 5) is 14.9. The molecule has 0 N–H and O–H groups in total. The van der Waals surface area contributed by atoms with Gasteiger partial charge in [-0.2, -0.15) is 0 Å². The monoisotopic (exact) mass is 340 g/mol. The van der Waals surface area contributed by atoms with Crippen molar-refractivity contribution in [3.8, 4) is 0 Å². The maximum absolute atomic E-state index is 12.9. The summed E-state index contributed by atoms with van der Waals surface area (Å²) in [7, 11) is 1.66. The molecule has 1 amide bonds. The molecule has 1 aliphatic heterocycles. The highest BCUT2D eigenvalue weighted by atomic mass is 16.5. The predicted octanol–water partition coefficient (Wildman–Crippen LogP) is 2.13. The molecule has 1 atom stereocenters. The molecule has 0 spiro atoms. The first-order chi connectivity index (χ1) is 12.2. The molecule has 6 heteroatoms. The van der Waals surface area contributed by atoms with E-state index in [0.717, 1.165) is 31.0 Å². The fraction of sp³-hybridized carbons (Fsp3) is 0.526. The molecule has 0 saturated heterocycles. The molecule has 1 aliphatic carbocycles. The lowest BCUT2D eigenvalue weighted by Crippen LogP contribution is -2.42. The highest BCUT2D eigenvalue weighted by Crippen LogP contribution is 2.31. The van der Waals surface area contributed by atoms with Crippen LogP contribution in [0.2, 0.25) is 0 Å². The van der Waals surface area contributed by atoms with Crippen molar-refractivity contribution in [2.75, 3.05) is 13.7 Å². The average Bonchev–Trinajstić information content (AvgIpc) is 3.19. The third-order valence-corrected chi connectivity index (χ3v) is 5.45. The van der Waals surface area contributed by atoms with E-state index in [4.69, 9.17) is 4.74 Å². The fourth-order valence-corrected chi connectivity index (χ4v) is 4.18. The van der Waals surface area contributed by atoms with E-state index >= 15 is 0 Å². The van der Waals surface area contributed by atoms with E-state index in [1.165, 1.54) is 11.1 Å². The first-order valence-corrected chi connectivity index (χ1v) is 8.94. The van der Waals surface area contributed by atoms with Gasteiger partial charge in [-0.25, -0.2) is 0 Å². The molecule has 0 bridgehead atoms. The van der Waals surface area contributed by atoms with Crippen molar-refractivity contribution in [1.82, 2.24) is 19.7 Å². The van der Waals surface area contributed by atoms with Gasteiger partial charge in [-0.3, -0.25) is 4.79 Å². The molecule has 0 radical (unpaired) electrons. The van der Waals surface area contributed by atoms with Gasteiger partial charge >= 0.3 is 0 Å². The zero-order valence-electron chi connectivity index (χ0n) is 14.8. The van der Waals surface area contributed by atoms with Gasteiger partial charge < -0.3 is 14.2 Å². The second-order valence-corrected chi connectivity index (χ2v) is 7.07. The number of carbonyl (C=O) groups excluding carboxylic acids is 1.